The van der Waals surface area contributed by atoms with Crippen molar-refractivity contribution in [2.45, 2.75) is 13.8 Å². The summed E-state index contributed by atoms with van der Waals surface area (Å²) in [6, 6.07) is 7.13. The quantitative estimate of drug-likeness (QED) is 0.803. The summed E-state index contributed by atoms with van der Waals surface area (Å²) < 4.78 is 5.41. The second kappa shape index (κ2) is 8.33. The molecule has 0 atom stereocenters. The molecule has 0 spiro atoms. The average Bonchev–Trinajstić information content (AvgIpc) is 2.65. The smallest absolute Gasteiger partial charge is 0.319 e. The van der Waals surface area contributed by atoms with Crippen molar-refractivity contribution in [1.29, 1.82) is 0 Å². The van der Waals surface area contributed by atoms with Crippen molar-refractivity contribution < 1.29 is 9.53 Å². The van der Waals surface area contributed by atoms with Crippen LogP contribution in [0.4, 0.5) is 16.3 Å². The van der Waals surface area contributed by atoms with Crippen molar-refractivity contribution in [3.63, 3.8) is 0 Å². The van der Waals surface area contributed by atoms with Gasteiger partial charge >= 0.3 is 6.03 Å². The highest BCUT2D eigenvalue weighted by molar-refractivity contribution is 6.30. The lowest BCUT2D eigenvalue weighted by molar-refractivity contribution is 0.122. The first-order valence-corrected chi connectivity index (χ1v) is 8.98. The van der Waals surface area contributed by atoms with E-state index in [9.17, 15) is 4.79 Å². The largest absolute Gasteiger partial charge is 0.378 e. The van der Waals surface area contributed by atoms with E-state index in [4.69, 9.17) is 21.3 Å². The van der Waals surface area contributed by atoms with Crippen LogP contribution in [0.5, 0.6) is 0 Å². The van der Waals surface area contributed by atoms with Gasteiger partial charge in [-0.3, -0.25) is 0 Å². The highest BCUT2D eigenvalue weighted by Gasteiger charge is 2.19. The van der Waals surface area contributed by atoms with Gasteiger partial charge in [0.2, 0.25) is 0 Å². The summed E-state index contributed by atoms with van der Waals surface area (Å²) in [5.74, 6) is 1.40. The number of halogens is 1. The maximum Gasteiger partial charge on any atom is 0.319 e. The van der Waals surface area contributed by atoms with E-state index in [0.29, 0.717) is 36.4 Å². The van der Waals surface area contributed by atoms with Gasteiger partial charge in [0.15, 0.2) is 5.82 Å². The Bertz CT molecular complexity index is 776. The maximum absolute atomic E-state index is 11.6. The van der Waals surface area contributed by atoms with Crippen molar-refractivity contribution in [3.8, 4) is 11.4 Å². The zero-order chi connectivity index (χ0) is 18.5. The molecular formula is C18H22ClN5O2. The zero-order valence-electron chi connectivity index (χ0n) is 14.9. The normalized spacial score (nSPS) is 14.2. The molecule has 1 aliphatic heterocycles. The van der Waals surface area contributed by atoms with Crippen LogP contribution in [0, 0.1) is 6.92 Å². The lowest BCUT2D eigenvalue weighted by atomic mass is 10.2. The molecule has 7 nitrogen and oxygen atoms in total. The van der Waals surface area contributed by atoms with Crippen LogP contribution in [0.1, 0.15) is 12.5 Å². The van der Waals surface area contributed by atoms with Crippen molar-refractivity contribution in [2.75, 3.05) is 43.1 Å². The molecule has 0 unspecified atom stereocenters. The number of amides is 2. The third-order valence-electron chi connectivity index (χ3n) is 4.11. The molecule has 138 valence electrons. The van der Waals surface area contributed by atoms with Crippen LogP contribution in [0.2, 0.25) is 5.15 Å². The minimum absolute atomic E-state index is 0.232. The third kappa shape index (κ3) is 4.23. The Morgan fingerprint density at radius 2 is 1.92 bits per heavy atom. The second-order valence-electron chi connectivity index (χ2n) is 5.95. The van der Waals surface area contributed by atoms with E-state index in [-0.39, 0.29) is 6.03 Å². The predicted molar refractivity (Wildman–Crippen MR) is 103 cm³/mol. The Kier molecular flexibility index (Phi) is 5.90. The van der Waals surface area contributed by atoms with Crippen LogP contribution in [0.3, 0.4) is 0 Å². The summed E-state index contributed by atoms with van der Waals surface area (Å²) in [7, 11) is 0. The Balaban J connectivity index is 1.84. The summed E-state index contributed by atoms with van der Waals surface area (Å²) in [5.41, 5.74) is 2.40. The fourth-order valence-electron chi connectivity index (χ4n) is 2.73. The fourth-order valence-corrected chi connectivity index (χ4v) is 2.89. The molecule has 8 heteroatoms. The molecule has 0 radical (unpaired) electrons. The minimum Gasteiger partial charge on any atom is -0.378 e. The van der Waals surface area contributed by atoms with Crippen LogP contribution in [-0.2, 0) is 4.74 Å². The van der Waals surface area contributed by atoms with Crippen molar-refractivity contribution >= 4 is 29.1 Å². The Morgan fingerprint density at radius 3 is 2.58 bits per heavy atom. The molecule has 2 amide bonds. The molecular weight excluding hydrogens is 354 g/mol. The summed E-state index contributed by atoms with van der Waals surface area (Å²) >= 11 is 6.35. The van der Waals surface area contributed by atoms with Crippen molar-refractivity contribution in [3.05, 3.63) is 35.0 Å². The molecule has 2 N–H and O–H groups in total. The van der Waals surface area contributed by atoms with Gasteiger partial charge in [0.05, 0.1) is 13.2 Å². The Hall–Kier alpha value is -2.38. The predicted octanol–water partition coefficient (Wildman–Crippen LogP) is 3.08. The number of carbonyl (C=O) groups is 1. The maximum atomic E-state index is 11.6. The van der Waals surface area contributed by atoms with E-state index in [0.717, 1.165) is 30.0 Å². The van der Waals surface area contributed by atoms with Crippen LogP contribution in [0.15, 0.2) is 24.3 Å². The van der Waals surface area contributed by atoms with E-state index in [2.05, 4.69) is 20.5 Å². The van der Waals surface area contributed by atoms with Crippen LogP contribution in [-0.4, -0.2) is 48.8 Å². The molecule has 0 aliphatic carbocycles. The topological polar surface area (TPSA) is 79.4 Å². The third-order valence-corrected chi connectivity index (χ3v) is 4.48. The molecule has 0 bridgehead atoms. The number of carbonyl (C=O) groups excluding carboxylic acids is 1. The lowest BCUT2D eigenvalue weighted by Crippen LogP contribution is -2.37. The summed E-state index contributed by atoms with van der Waals surface area (Å²) in [5, 5.41) is 5.90. The van der Waals surface area contributed by atoms with E-state index in [1.807, 2.05) is 38.1 Å². The lowest BCUT2D eigenvalue weighted by Gasteiger charge is -2.29. The van der Waals surface area contributed by atoms with Gasteiger partial charge in [-0.15, -0.1) is 0 Å². The number of ether oxygens (including phenoxy) is 1. The van der Waals surface area contributed by atoms with Crippen LogP contribution < -0.4 is 15.5 Å². The Morgan fingerprint density at radius 1 is 1.23 bits per heavy atom. The molecule has 26 heavy (non-hydrogen) atoms. The zero-order valence-corrected chi connectivity index (χ0v) is 15.6. The van der Waals surface area contributed by atoms with Gasteiger partial charge in [0.25, 0.3) is 0 Å². The minimum atomic E-state index is -0.232. The van der Waals surface area contributed by atoms with Gasteiger partial charge in [-0.2, -0.15) is 0 Å². The number of urea groups is 1. The molecule has 1 aromatic carbocycles. The molecule has 1 aliphatic rings. The molecule has 2 heterocycles. The highest BCUT2D eigenvalue weighted by Crippen LogP contribution is 2.28. The summed E-state index contributed by atoms with van der Waals surface area (Å²) in [4.78, 5) is 22.9. The Labute approximate surface area is 157 Å². The van der Waals surface area contributed by atoms with Gasteiger partial charge in [0, 0.05) is 36.4 Å². The van der Waals surface area contributed by atoms with Gasteiger partial charge in [-0.25, -0.2) is 14.8 Å². The first-order valence-electron chi connectivity index (χ1n) is 8.60. The molecule has 3 rings (SSSR count). The van der Waals surface area contributed by atoms with Crippen molar-refractivity contribution in [1.82, 2.24) is 15.3 Å². The van der Waals surface area contributed by atoms with Gasteiger partial charge in [-0.1, -0.05) is 11.6 Å². The number of rotatable bonds is 4. The average molecular weight is 376 g/mol. The molecule has 1 aromatic heterocycles. The highest BCUT2D eigenvalue weighted by atomic mass is 35.5. The second-order valence-corrected chi connectivity index (χ2v) is 6.31. The number of hydrogen-bond donors (Lipinski definition) is 2. The molecule has 1 fully saturated rings. The van der Waals surface area contributed by atoms with Gasteiger partial charge in [-0.05, 0) is 38.1 Å². The molecule has 1 saturated heterocycles. The number of aromatic nitrogens is 2. The van der Waals surface area contributed by atoms with Crippen LogP contribution in [0.25, 0.3) is 11.4 Å². The molecule has 2 aromatic rings. The van der Waals surface area contributed by atoms with Gasteiger partial charge in [0.1, 0.15) is 11.0 Å². The van der Waals surface area contributed by atoms with E-state index in [1.54, 1.807) is 0 Å². The molecule has 0 saturated carbocycles. The van der Waals surface area contributed by atoms with Gasteiger partial charge < -0.3 is 20.3 Å². The van der Waals surface area contributed by atoms with Crippen LogP contribution >= 0.6 is 11.6 Å². The van der Waals surface area contributed by atoms with E-state index < -0.39 is 0 Å². The van der Waals surface area contributed by atoms with Crippen molar-refractivity contribution in [2.24, 2.45) is 0 Å². The first kappa shape index (κ1) is 18.4. The number of nitrogens with zero attached hydrogens (tertiary/aromatic N) is 3. The standard InChI is InChI=1S/C18H22ClN5O2/c1-3-20-18(25)21-14-6-4-13(5-7-14)16-22-15(19)12(2)17(23-16)24-8-10-26-11-9-24/h4-7H,3,8-11H2,1-2H3,(H2,20,21,25). The summed E-state index contributed by atoms with van der Waals surface area (Å²) in [6.45, 7) is 7.28. The number of nitrogens with one attached hydrogen (secondary N) is 2. The SMILES string of the molecule is CCNC(=O)Nc1ccc(-c2nc(Cl)c(C)c(N3CCOCC3)n2)cc1. The number of hydrogen-bond acceptors (Lipinski definition) is 5. The number of anilines is 2. The number of morpholine rings is 1. The summed E-state index contributed by atoms with van der Waals surface area (Å²) in [6.07, 6.45) is 0. The first-order chi connectivity index (χ1) is 12.6. The van der Waals surface area contributed by atoms with E-state index >= 15 is 0 Å². The fraction of sp³-hybridized carbons (Fsp3) is 0.389. The van der Waals surface area contributed by atoms with E-state index in [1.165, 1.54) is 0 Å². The monoisotopic (exact) mass is 375 g/mol. The number of benzene rings is 1.